The van der Waals surface area contributed by atoms with Gasteiger partial charge in [-0.3, -0.25) is 19.8 Å². The standard InChI is InChI=1S/C22H29FN4O3/c23-18-6-5-13(12-19-15-3-1-2-4-16(15)21(29)26-25-19)11-17(18)22(30)27-9-7-14(8-10-27)20(24)28/h5-6,11,14-16,19,25H,1-4,7-10,12H2,(H2,24,28)(H,26,29). The fourth-order valence-corrected chi connectivity index (χ4v) is 5.19. The monoisotopic (exact) mass is 416 g/mol. The average Bonchev–Trinajstić information content (AvgIpc) is 2.76. The largest absolute Gasteiger partial charge is 0.369 e. The SMILES string of the molecule is NC(=O)C1CCN(C(=O)c2cc(CC3NNC(=O)C4CCCCC34)ccc2F)CC1. The summed E-state index contributed by atoms with van der Waals surface area (Å²) < 4.78 is 14.5. The quantitative estimate of drug-likeness (QED) is 0.692. The summed E-state index contributed by atoms with van der Waals surface area (Å²) in [5.41, 5.74) is 12.2. The fraction of sp³-hybridized carbons (Fsp3) is 0.591. The first-order chi connectivity index (χ1) is 14.4. The minimum Gasteiger partial charge on any atom is -0.369 e. The number of rotatable bonds is 4. The first kappa shape index (κ1) is 20.8. The van der Waals surface area contributed by atoms with Crippen molar-refractivity contribution in [1.29, 1.82) is 0 Å². The van der Waals surface area contributed by atoms with Crippen molar-refractivity contribution in [3.05, 3.63) is 35.1 Å². The smallest absolute Gasteiger partial charge is 0.256 e. The Bertz CT molecular complexity index is 838. The first-order valence-corrected chi connectivity index (χ1v) is 10.9. The molecule has 3 aliphatic rings. The molecule has 3 fully saturated rings. The molecule has 1 aromatic rings. The van der Waals surface area contributed by atoms with Gasteiger partial charge in [0.1, 0.15) is 5.82 Å². The van der Waals surface area contributed by atoms with Crippen LogP contribution in [-0.2, 0) is 16.0 Å². The zero-order chi connectivity index (χ0) is 21.3. The summed E-state index contributed by atoms with van der Waals surface area (Å²) in [6.07, 6.45) is 5.73. The second-order valence-corrected chi connectivity index (χ2v) is 8.78. The normalized spacial score (nSPS) is 27.3. The lowest BCUT2D eigenvalue weighted by Crippen LogP contribution is -2.60. The Morgan fingerprint density at radius 2 is 1.87 bits per heavy atom. The van der Waals surface area contributed by atoms with Gasteiger partial charge in [0.15, 0.2) is 0 Å². The van der Waals surface area contributed by atoms with Crippen molar-refractivity contribution in [3.8, 4) is 0 Å². The second kappa shape index (κ2) is 8.71. The van der Waals surface area contributed by atoms with Crippen LogP contribution >= 0.6 is 0 Å². The van der Waals surface area contributed by atoms with E-state index in [4.69, 9.17) is 5.73 Å². The number of hydrazine groups is 1. The molecule has 0 radical (unpaired) electrons. The maximum atomic E-state index is 14.5. The number of fused-ring (bicyclic) bond motifs is 1. The van der Waals surface area contributed by atoms with Gasteiger partial charge in [-0.25, -0.2) is 9.82 Å². The van der Waals surface area contributed by atoms with Crippen LogP contribution in [0, 0.1) is 23.6 Å². The molecule has 30 heavy (non-hydrogen) atoms. The van der Waals surface area contributed by atoms with E-state index in [1.54, 1.807) is 17.0 Å². The van der Waals surface area contributed by atoms with E-state index in [1.165, 1.54) is 6.07 Å². The zero-order valence-corrected chi connectivity index (χ0v) is 17.0. The number of nitrogens with zero attached hydrogens (tertiary/aromatic N) is 1. The van der Waals surface area contributed by atoms with Gasteiger partial charge in [0, 0.05) is 31.0 Å². The summed E-state index contributed by atoms with van der Waals surface area (Å²) in [5, 5.41) is 0. The number of likely N-dealkylation sites (tertiary alicyclic amines) is 1. The first-order valence-electron chi connectivity index (χ1n) is 10.9. The summed E-state index contributed by atoms with van der Waals surface area (Å²) in [7, 11) is 0. The van der Waals surface area contributed by atoms with E-state index >= 15 is 0 Å². The maximum Gasteiger partial charge on any atom is 0.256 e. The number of carbonyl (C=O) groups is 3. The molecule has 0 bridgehead atoms. The number of primary amides is 1. The van der Waals surface area contributed by atoms with Crippen LogP contribution < -0.4 is 16.6 Å². The van der Waals surface area contributed by atoms with E-state index in [0.717, 1.165) is 31.2 Å². The number of carbonyl (C=O) groups excluding carboxylic acids is 3. The maximum absolute atomic E-state index is 14.5. The highest BCUT2D eigenvalue weighted by atomic mass is 19.1. The molecule has 3 atom stereocenters. The Labute approximate surface area is 175 Å². The topological polar surface area (TPSA) is 105 Å². The van der Waals surface area contributed by atoms with Crippen LogP contribution in [0.1, 0.15) is 54.4 Å². The predicted molar refractivity (Wildman–Crippen MR) is 108 cm³/mol. The predicted octanol–water partition coefficient (Wildman–Crippen LogP) is 1.52. The molecule has 162 valence electrons. The average molecular weight is 416 g/mol. The Kier molecular flexibility index (Phi) is 6.04. The number of benzene rings is 1. The van der Waals surface area contributed by atoms with Crippen molar-refractivity contribution < 1.29 is 18.8 Å². The van der Waals surface area contributed by atoms with Gasteiger partial charge in [0.05, 0.1) is 5.56 Å². The molecule has 2 heterocycles. The van der Waals surface area contributed by atoms with Gasteiger partial charge in [-0.05, 0) is 55.7 Å². The summed E-state index contributed by atoms with van der Waals surface area (Å²) in [6, 6.07) is 4.75. The van der Waals surface area contributed by atoms with Gasteiger partial charge in [-0.2, -0.15) is 0 Å². The van der Waals surface area contributed by atoms with Gasteiger partial charge in [-0.15, -0.1) is 0 Å². The fourth-order valence-electron chi connectivity index (χ4n) is 5.19. The minimum atomic E-state index is -0.541. The molecule has 4 N–H and O–H groups in total. The number of nitrogens with one attached hydrogen (secondary N) is 2. The van der Waals surface area contributed by atoms with E-state index in [2.05, 4.69) is 10.9 Å². The number of amides is 3. The number of hydrogen-bond donors (Lipinski definition) is 3. The Balaban J connectivity index is 1.46. The van der Waals surface area contributed by atoms with Crippen LogP contribution in [0.2, 0.25) is 0 Å². The number of nitrogens with two attached hydrogens (primary N) is 1. The molecule has 8 heteroatoms. The molecular weight excluding hydrogens is 387 g/mol. The van der Waals surface area contributed by atoms with Crippen molar-refractivity contribution in [2.45, 2.75) is 51.0 Å². The summed E-state index contributed by atoms with van der Waals surface area (Å²) >= 11 is 0. The number of piperidine rings is 1. The molecule has 1 aliphatic carbocycles. The molecule has 1 saturated carbocycles. The van der Waals surface area contributed by atoms with Gasteiger partial charge < -0.3 is 10.6 Å². The summed E-state index contributed by atoms with van der Waals surface area (Å²) in [4.78, 5) is 38.0. The molecular formula is C22H29FN4O3. The van der Waals surface area contributed by atoms with E-state index in [0.29, 0.717) is 32.4 Å². The molecule has 1 aromatic carbocycles. The molecule has 7 nitrogen and oxygen atoms in total. The molecule has 3 unspecified atom stereocenters. The van der Waals surface area contributed by atoms with Crippen LogP contribution in [0.4, 0.5) is 4.39 Å². The lowest BCUT2D eigenvalue weighted by Gasteiger charge is -2.41. The molecule has 3 amide bonds. The van der Waals surface area contributed by atoms with E-state index in [-0.39, 0.29) is 47.1 Å². The van der Waals surface area contributed by atoms with Crippen molar-refractivity contribution in [2.24, 2.45) is 23.5 Å². The number of hydrogen-bond acceptors (Lipinski definition) is 4. The third-order valence-corrected chi connectivity index (χ3v) is 6.96. The summed E-state index contributed by atoms with van der Waals surface area (Å²) in [5.74, 6) is -1.11. The van der Waals surface area contributed by atoms with Gasteiger partial charge >= 0.3 is 0 Å². The Morgan fingerprint density at radius 3 is 2.60 bits per heavy atom. The van der Waals surface area contributed by atoms with Gasteiger partial charge in [-0.1, -0.05) is 18.9 Å². The van der Waals surface area contributed by atoms with E-state index in [9.17, 15) is 18.8 Å². The molecule has 0 aromatic heterocycles. The molecule has 0 spiro atoms. The van der Waals surface area contributed by atoms with Crippen molar-refractivity contribution in [2.75, 3.05) is 13.1 Å². The lowest BCUT2D eigenvalue weighted by molar-refractivity contribution is -0.133. The Hall–Kier alpha value is -2.48. The minimum absolute atomic E-state index is 0.0260. The van der Waals surface area contributed by atoms with Gasteiger partial charge in [0.2, 0.25) is 11.8 Å². The van der Waals surface area contributed by atoms with Crippen LogP contribution in [0.5, 0.6) is 0 Å². The highest BCUT2D eigenvalue weighted by molar-refractivity contribution is 5.95. The molecule has 2 saturated heterocycles. The van der Waals surface area contributed by atoms with Crippen LogP contribution in [0.15, 0.2) is 18.2 Å². The van der Waals surface area contributed by atoms with Crippen LogP contribution in [0.3, 0.4) is 0 Å². The molecule has 4 rings (SSSR count). The highest BCUT2D eigenvalue weighted by Gasteiger charge is 2.40. The Morgan fingerprint density at radius 1 is 1.13 bits per heavy atom. The summed E-state index contributed by atoms with van der Waals surface area (Å²) in [6.45, 7) is 0.798. The van der Waals surface area contributed by atoms with Crippen molar-refractivity contribution in [1.82, 2.24) is 15.8 Å². The third kappa shape index (κ3) is 4.19. The lowest BCUT2D eigenvalue weighted by atomic mass is 9.72. The number of halogens is 1. The highest BCUT2D eigenvalue weighted by Crippen LogP contribution is 2.35. The van der Waals surface area contributed by atoms with Crippen molar-refractivity contribution >= 4 is 17.7 Å². The van der Waals surface area contributed by atoms with Gasteiger partial charge in [0.25, 0.3) is 5.91 Å². The molecule has 2 aliphatic heterocycles. The van der Waals surface area contributed by atoms with E-state index in [1.807, 2.05) is 0 Å². The van der Waals surface area contributed by atoms with Crippen LogP contribution in [0.25, 0.3) is 0 Å². The van der Waals surface area contributed by atoms with E-state index < -0.39 is 5.82 Å². The second-order valence-electron chi connectivity index (χ2n) is 8.78. The van der Waals surface area contributed by atoms with Crippen LogP contribution in [-0.4, -0.2) is 41.8 Å². The van der Waals surface area contributed by atoms with Crippen molar-refractivity contribution in [3.63, 3.8) is 0 Å². The zero-order valence-electron chi connectivity index (χ0n) is 17.0. The third-order valence-electron chi connectivity index (χ3n) is 6.96.